The van der Waals surface area contributed by atoms with Crippen molar-refractivity contribution in [2.24, 2.45) is 0 Å². The van der Waals surface area contributed by atoms with Crippen LogP contribution in [0.4, 0.5) is 0 Å². The SMILES string of the molecule is COc1ccc(CCNC(=O)CN(Cc2ccncc2)C(C)=O)cc1OC. The molecule has 2 rings (SSSR count). The highest BCUT2D eigenvalue weighted by Crippen LogP contribution is 2.27. The highest BCUT2D eigenvalue weighted by molar-refractivity contribution is 5.83. The van der Waals surface area contributed by atoms with Crippen LogP contribution < -0.4 is 14.8 Å². The van der Waals surface area contributed by atoms with E-state index in [0.29, 0.717) is 31.0 Å². The molecule has 7 nitrogen and oxygen atoms in total. The molecule has 0 aliphatic carbocycles. The van der Waals surface area contributed by atoms with Crippen LogP contribution in [0.25, 0.3) is 0 Å². The molecule has 0 aliphatic heterocycles. The summed E-state index contributed by atoms with van der Waals surface area (Å²) in [5.74, 6) is 0.974. The molecule has 27 heavy (non-hydrogen) atoms. The lowest BCUT2D eigenvalue weighted by Crippen LogP contribution is -2.39. The average Bonchev–Trinajstić information content (AvgIpc) is 2.68. The van der Waals surface area contributed by atoms with Crippen molar-refractivity contribution in [1.29, 1.82) is 0 Å². The van der Waals surface area contributed by atoms with E-state index >= 15 is 0 Å². The number of hydrogen-bond donors (Lipinski definition) is 1. The van der Waals surface area contributed by atoms with Gasteiger partial charge in [-0.15, -0.1) is 0 Å². The highest BCUT2D eigenvalue weighted by Gasteiger charge is 2.14. The van der Waals surface area contributed by atoms with Crippen LogP contribution in [0.15, 0.2) is 42.7 Å². The zero-order valence-corrected chi connectivity index (χ0v) is 15.9. The maximum atomic E-state index is 12.2. The van der Waals surface area contributed by atoms with Gasteiger partial charge in [-0.1, -0.05) is 6.07 Å². The van der Waals surface area contributed by atoms with Gasteiger partial charge in [-0.2, -0.15) is 0 Å². The molecule has 2 amide bonds. The van der Waals surface area contributed by atoms with Crippen molar-refractivity contribution in [3.63, 3.8) is 0 Å². The lowest BCUT2D eigenvalue weighted by atomic mass is 10.1. The second-order valence-corrected chi connectivity index (χ2v) is 6.02. The monoisotopic (exact) mass is 371 g/mol. The molecule has 0 fully saturated rings. The van der Waals surface area contributed by atoms with Gasteiger partial charge in [-0.3, -0.25) is 14.6 Å². The van der Waals surface area contributed by atoms with Gasteiger partial charge >= 0.3 is 0 Å². The Morgan fingerprint density at radius 3 is 2.37 bits per heavy atom. The van der Waals surface area contributed by atoms with Crippen LogP contribution in [0.2, 0.25) is 0 Å². The molecule has 1 N–H and O–H groups in total. The number of carbonyl (C=O) groups excluding carboxylic acids is 2. The molecule has 0 spiro atoms. The number of hydrogen-bond acceptors (Lipinski definition) is 5. The first kappa shape index (κ1) is 20.2. The Balaban J connectivity index is 1.84. The normalized spacial score (nSPS) is 10.2. The Labute approximate surface area is 159 Å². The quantitative estimate of drug-likeness (QED) is 0.727. The van der Waals surface area contributed by atoms with Gasteiger partial charge in [0, 0.05) is 32.4 Å². The van der Waals surface area contributed by atoms with E-state index in [1.165, 1.54) is 11.8 Å². The molecule has 1 heterocycles. The zero-order valence-electron chi connectivity index (χ0n) is 15.9. The highest BCUT2D eigenvalue weighted by atomic mass is 16.5. The zero-order chi connectivity index (χ0) is 19.6. The number of aromatic nitrogens is 1. The van der Waals surface area contributed by atoms with Crippen molar-refractivity contribution >= 4 is 11.8 Å². The van der Waals surface area contributed by atoms with Crippen molar-refractivity contribution in [2.45, 2.75) is 19.9 Å². The van der Waals surface area contributed by atoms with Crippen LogP contribution in [0.3, 0.4) is 0 Å². The number of ether oxygens (including phenoxy) is 2. The molecule has 1 aromatic carbocycles. The summed E-state index contributed by atoms with van der Waals surface area (Å²) in [5, 5.41) is 2.85. The molecule has 7 heteroatoms. The van der Waals surface area contributed by atoms with Crippen LogP contribution in [0.1, 0.15) is 18.1 Å². The third-order valence-corrected chi connectivity index (χ3v) is 4.09. The molecular formula is C20H25N3O4. The van der Waals surface area contributed by atoms with Crippen LogP contribution >= 0.6 is 0 Å². The van der Waals surface area contributed by atoms with Crippen molar-refractivity contribution in [1.82, 2.24) is 15.2 Å². The van der Waals surface area contributed by atoms with Crippen LogP contribution in [0.5, 0.6) is 11.5 Å². The van der Waals surface area contributed by atoms with E-state index in [1.807, 2.05) is 30.3 Å². The van der Waals surface area contributed by atoms with Gasteiger partial charge in [-0.05, 0) is 41.8 Å². The molecule has 0 radical (unpaired) electrons. The van der Waals surface area contributed by atoms with E-state index < -0.39 is 0 Å². The third-order valence-electron chi connectivity index (χ3n) is 4.09. The van der Waals surface area contributed by atoms with E-state index in [-0.39, 0.29) is 18.4 Å². The summed E-state index contributed by atoms with van der Waals surface area (Å²) in [6.45, 7) is 2.32. The lowest BCUT2D eigenvalue weighted by molar-refractivity contribution is -0.134. The second-order valence-electron chi connectivity index (χ2n) is 6.02. The summed E-state index contributed by atoms with van der Waals surface area (Å²) in [7, 11) is 3.17. The van der Waals surface area contributed by atoms with E-state index in [1.54, 1.807) is 26.6 Å². The van der Waals surface area contributed by atoms with E-state index in [4.69, 9.17) is 9.47 Å². The Bertz CT molecular complexity index is 765. The molecular weight excluding hydrogens is 346 g/mol. The van der Waals surface area contributed by atoms with Crippen molar-refractivity contribution in [3.05, 3.63) is 53.9 Å². The van der Waals surface area contributed by atoms with Crippen LogP contribution in [0, 0.1) is 0 Å². The third kappa shape index (κ3) is 6.29. The molecule has 144 valence electrons. The predicted molar refractivity (Wildman–Crippen MR) is 102 cm³/mol. The Morgan fingerprint density at radius 1 is 1.04 bits per heavy atom. The van der Waals surface area contributed by atoms with E-state index in [0.717, 1.165) is 11.1 Å². The maximum Gasteiger partial charge on any atom is 0.239 e. The van der Waals surface area contributed by atoms with Gasteiger partial charge in [0.05, 0.1) is 20.8 Å². The van der Waals surface area contributed by atoms with E-state index in [2.05, 4.69) is 10.3 Å². The first-order chi connectivity index (χ1) is 13.0. The molecule has 0 saturated carbocycles. The molecule has 0 saturated heterocycles. The van der Waals surface area contributed by atoms with Crippen LogP contribution in [-0.2, 0) is 22.6 Å². The minimum Gasteiger partial charge on any atom is -0.493 e. The molecule has 0 atom stereocenters. The molecule has 0 aliphatic rings. The predicted octanol–water partition coefficient (Wildman–Crippen LogP) is 1.81. The molecule has 1 aromatic heterocycles. The Kier molecular flexibility index (Phi) is 7.61. The number of rotatable bonds is 9. The van der Waals surface area contributed by atoms with Gasteiger partial charge in [-0.25, -0.2) is 0 Å². The molecule has 0 bridgehead atoms. The second kappa shape index (κ2) is 10.2. The first-order valence-corrected chi connectivity index (χ1v) is 8.65. The smallest absolute Gasteiger partial charge is 0.239 e. The number of benzene rings is 1. The minimum atomic E-state index is -0.195. The summed E-state index contributed by atoms with van der Waals surface area (Å²) in [6, 6.07) is 9.30. The maximum absolute atomic E-state index is 12.2. The van der Waals surface area contributed by atoms with Crippen LogP contribution in [-0.4, -0.2) is 49.0 Å². The van der Waals surface area contributed by atoms with Crippen molar-refractivity contribution in [2.75, 3.05) is 27.3 Å². The van der Waals surface area contributed by atoms with Gasteiger partial charge in [0.1, 0.15) is 0 Å². The number of nitrogens with one attached hydrogen (secondary N) is 1. The lowest BCUT2D eigenvalue weighted by Gasteiger charge is -2.20. The summed E-state index contributed by atoms with van der Waals surface area (Å²) < 4.78 is 10.5. The Morgan fingerprint density at radius 2 is 1.74 bits per heavy atom. The average molecular weight is 371 g/mol. The topological polar surface area (TPSA) is 80.8 Å². The molecule has 2 aromatic rings. The van der Waals surface area contributed by atoms with Gasteiger partial charge in [0.25, 0.3) is 0 Å². The fraction of sp³-hybridized carbons (Fsp3) is 0.350. The Hall–Kier alpha value is -3.09. The largest absolute Gasteiger partial charge is 0.493 e. The minimum absolute atomic E-state index is 0.0175. The van der Waals surface area contributed by atoms with Crippen molar-refractivity contribution < 1.29 is 19.1 Å². The summed E-state index contributed by atoms with van der Waals surface area (Å²) in [6.07, 6.45) is 3.98. The standard InChI is InChI=1S/C20H25N3O4/c1-15(24)23(13-17-6-9-21-10-7-17)14-20(25)22-11-8-16-4-5-18(26-2)19(12-16)27-3/h4-7,9-10,12H,8,11,13-14H2,1-3H3,(H,22,25). The van der Waals surface area contributed by atoms with Gasteiger partial charge in [0.2, 0.25) is 11.8 Å². The fourth-order valence-electron chi connectivity index (χ4n) is 2.60. The first-order valence-electron chi connectivity index (χ1n) is 8.65. The number of carbonyl (C=O) groups is 2. The summed E-state index contributed by atoms with van der Waals surface area (Å²) in [5.41, 5.74) is 1.95. The summed E-state index contributed by atoms with van der Waals surface area (Å²) >= 11 is 0. The summed E-state index contributed by atoms with van der Waals surface area (Å²) in [4.78, 5) is 29.5. The van der Waals surface area contributed by atoms with Gasteiger partial charge < -0.3 is 19.7 Å². The molecule has 0 unspecified atom stereocenters. The number of nitrogens with zero attached hydrogens (tertiary/aromatic N) is 2. The van der Waals surface area contributed by atoms with Gasteiger partial charge in [0.15, 0.2) is 11.5 Å². The number of amides is 2. The number of pyridine rings is 1. The number of methoxy groups -OCH3 is 2. The van der Waals surface area contributed by atoms with E-state index in [9.17, 15) is 9.59 Å². The fourth-order valence-corrected chi connectivity index (χ4v) is 2.60. The van der Waals surface area contributed by atoms with Crippen molar-refractivity contribution in [3.8, 4) is 11.5 Å².